The Bertz CT molecular complexity index is 516. The zero-order valence-corrected chi connectivity index (χ0v) is 12.0. The highest BCUT2D eigenvalue weighted by Crippen LogP contribution is 2.29. The summed E-state index contributed by atoms with van der Waals surface area (Å²) in [6.45, 7) is 6.65. The minimum Gasteiger partial charge on any atom is -0.296 e. The standard InChI is InChI=1S/C15H20N2O3/c1-15(2)6-8-16(9-7-15)11-14(18)12-4-3-5-13(10-12)17(19)20/h3-5,10H,6-9,11H2,1-2H3. The van der Waals surface area contributed by atoms with Gasteiger partial charge in [0, 0.05) is 17.7 Å². The lowest BCUT2D eigenvalue weighted by Gasteiger charge is -2.36. The number of benzene rings is 1. The highest BCUT2D eigenvalue weighted by atomic mass is 16.6. The Morgan fingerprint density at radius 3 is 2.60 bits per heavy atom. The first-order chi connectivity index (χ1) is 9.37. The fourth-order valence-electron chi connectivity index (χ4n) is 2.40. The molecule has 1 fully saturated rings. The summed E-state index contributed by atoms with van der Waals surface area (Å²) in [5, 5.41) is 10.7. The maximum absolute atomic E-state index is 12.2. The molecule has 1 heterocycles. The molecule has 1 aliphatic rings. The second kappa shape index (κ2) is 5.71. The summed E-state index contributed by atoms with van der Waals surface area (Å²) in [5.41, 5.74) is 0.741. The molecule has 0 aromatic heterocycles. The van der Waals surface area contributed by atoms with Crippen LogP contribution in [-0.2, 0) is 0 Å². The van der Waals surface area contributed by atoms with Gasteiger partial charge in [-0.15, -0.1) is 0 Å². The van der Waals surface area contributed by atoms with E-state index in [4.69, 9.17) is 0 Å². The van der Waals surface area contributed by atoms with Crippen LogP contribution in [0.15, 0.2) is 24.3 Å². The number of nitro groups is 1. The number of likely N-dealkylation sites (tertiary alicyclic amines) is 1. The van der Waals surface area contributed by atoms with Gasteiger partial charge < -0.3 is 0 Å². The third-order valence-electron chi connectivity index (χ3n) is 3.96. The zero-order valence-electron chi connectivity index (χ0n) is 12.0. The molecule has 20 heavy (non-hydrogen) atoms. The number of non-ortho nitro benzene ring substituents is 1. The van der Waals surface area contributed by atoms with Crippen molar-refractivity contribution in [3.8, 4) is 0 Å². The summed E-state index contributed by atoms with van der Waals surface area (Å²) in [5.74, 6) is -0.0478. The van der Waals surface area contributed by atoms with E-state index in [0.29, 0.717) is 17.5 Å². The Morgan fingerprint density at radius 1 is 1.35 bits per heavy atom. The van der Waals surface area contributed by atoms with Crippen LogP contribution < -0.4 is 0 Å². The van der Waals surface area contributed by atoms with Crippen molar-refractivity contribution in [2.45, 2.75) is 26.7 Å². The van der Waals surface area contributed by atoms with Crippen LogP contribution in [0.25, 0.3) is 0 Å². The Morgan fingerprint density at radius 2 is 2.00 bits per heavy atom. The second-order valence-electron chi connectivity index (χ2n) is 6.17. The summed E-state index contributed by atoms with van der Waals surface area (Å²) < 4.78 is 0. The van der Waals surface area contributed by atoms with Gasteiger partial charge in [0.1, 0.15) is 0 Å². The molecule has 5 nitrogen and oxygen atoms in total. The summed E-state index contributed by atoms with van der Waals surface area (Å²) in [7, 11) is 0. The van der Waals surface area contributed by atoms with E-state index in [1.807, 2.05) is 0 Å². The van der Waals surface area contributed by atoms with Crippen LogP contribution in [-0.4, -0.2) is 35.2 Å². The average Bonchev–Trinajstić information content (AvgIpc) is 2.41. The SMILES string of the molecule is CC1(C)CCN(CC(=O)c2cccc([N+](=O)[O-])c2)CC1. The molecule has 1 aliphatic heterocycles. The topological polar surface area (TPSA) is 63.5 Å². The minimum atomic E-state index is -0.472. The number of ketones is 1. The largest absolute Gasteiger partial charge is 0.296 e. The van der Waals surface area contributed by atoms with Crippen LogP contribution in [0.4, 0.5) is 5.69 Å². The van der Waals surface area contributed by atoms with E-state index in [-0.39, 0.29) is 11.5 Å². The van der Waals surface area contributed by atoms with Gasteiger partial charge in [-0.3, -0.25) is 19.8 Å². The van der Waals surface area contributed by atoms with E-state index in [9.17, 15) is 14.9 Å². The van der Waals surface area contributed by atoms with E-state index < -0.39 is 4.92 Å². The first-order valence-electron chi connectivity index (χ1n) is 6.87. The zero-order chi connectivity index (χ0) is 14.8. The monoisotopic (exact) mass is 276 g/mol. The molecule has 0 radical (unpaired) electrons. The highest BCUT2D eigenvalue weighted by molar-refractivity contribution is 5.98. The van der Waals surface area contributed by atoms with Crippen molar-refractivity contribution in [3.63, 3.8) is 0 Å². The number of nitrogens with zero attached hydrogens (tertiary/aromatic N) is 2. The van der Waals surface area contributed by atoms with Crippen LogP contribution in [0.3, 0.4) is 0 Å². The van der Waals surface area contributed by atoms with Gasteiger partial charge in [0.05, 0.1) is 11.5 Å². The van der Waals surface area contributed by atoms with Crippen molar-refractivity contribution < 1.29 is 9.72 Å². The number of carbonyl (C=O) groups excluding carboxylic acids is 1. The van der Waals surface area contributed by atoms with Crippen LogP contribution >= 0.6 is 0 Å². The molecule has 1 aromatic rings. The molecule has 0 unspecified atom stereocenters. The molecule has 0 bridgehead atoms. The van der Waals surface area contributed by atoms with Crippen molar-refractivity contribution in [3.05, 3.63) is 39.9 Å². The quantitative estimate of drug-likeness (QED) is 0.482. The smallest absolute Gasteiger partial charge is 0.270 e. The third kappa shape index (κ3) is 3.63. The summed E-state index contributed by atoms with van der Waals surface area (Å²) in [6.07, 6.45) is 2.16. The fraction of sp³-hybridized carbons (Fsp3) is 0.533. The first kappa shape index (κ1) is 14.7. The molecule has 0 saturated carbocycles. The third-order valence-corrected chi connectivity index (χ3v) is 3.96. The molecule has 5 heteroatoms. The Labute approximate surface area is 118 Å². The fourth-order valence-corrected chi connectivity index (χ4v) is 2.40. The molecule has 0 spiro atoms. The maximum Gasteiger partial charge on any atom is 0.270 e. The number of rotatable bonds is 4. The molecule has 1 saturated heterocycles. The van der Waals surface area contributed by atoms with Gasteiger partial charge >= 0.3 is 0 Å². The molecule has 0 aliphatic carbocycles. The van der Waals surface area contributed by atoms with Crippen LogP contribution in [0, 0.1) is 15.5 Å². The van der Waals surface area contributed by atoms with Crippen molar-refractivity contribution in [2.24, 2.45) is 5.41 Å². The molecule has 108 valence electrons. The number of Topliss-reactive ketones (excluding diaryl/α,β-unsaturated/α-hetero) is 1. The molecule has 0 amide bonds. The minimum absolute atomic E-state index is 0.0318. The van der Waals surface area contributed by atoms with Gasteiger partial charge in [-0.25, -0.2) is 0 Å². The van der Waals surface area contributed by atoms with Crippen LogP contribution in [0.1, 0.15) is 37.0 Å². The van der Waals surface area contributed by atoms with Gasteiger partial charge in [-0.1, -0.05) is 26.0 Å². The Balaban J connectivity index is 1.99. The van der Waals surface area contributed by atoms with Gasteiger partial charge in [0.15, 0.2) is 5.78 Å². The van der Waals surface area contributed by atoms with Gasteiger partial charge in [0.25, 0.3) is 5.69 Å². The molecular weight excluding hydrogens is 256 g/mol. The highest BCUT2D eigenvalue weighted by Gasteiger charge is 2.26. The Hall–Kier alpha value is -1.75. The van der Waals surface area contributed by atoms with Crippen molar-refractivity contribution in [2.75, 3.05) is 19.6 Å². The maximum atomic E-state index is 12.2. The first-order valence-corrected chi connectivity index (χ1v) is 6.87. The van der Waals surface area contributed by atoms with E-state index >= 15 is 0 Å². The Kier molecular flexibility index (Phi) is 4.18. The van der Waals surface area contributed by atoms with Gasteiger partial charge in [-0.2, -0.15) is 0 Å². The lowest BCUT2D eigenvalue weighted by Crippen LogP contribution is -2.40. The summed E-state index contributed by atoms with van der Waals surface area (Å²) >= 11 is 0. The van der Waals surface area contributed by atoms with Gasteiger partial charge in [-0.05, 0) is 31.3 Å². The average molecular weight is 276 g/mol. The lowest BCUT2D eigenvalue weighted by molar-refractivity contribution is -0.384. The molecular formula is C15H20N2O3. The predicted octanol–water partition coefficient (Wildman–Crippen LogP) is 2.90. The molecule has 0 N–H and O–H groups in total. The van der Waals surface area contributed by atoms with Crippen molar-refractivity contribution >= 4 is 11.5 Å². The summed E-state index contributed by atoms with van der Waals surface area (Å²) in [4.78, 5) is 24.6. The van der Waals surface area contributed by atoms with E-state index in [1.165, 1.54) is 12.1 Å². The number of hydrogen-bond acceptors (Lipinski definition) is 4. The lowest BCUT2D eigenvalue weighted by atomic mass is 9.82. The number of piperidine rings is 1. The summed E-state index contributed by atoms with van der Waals surface area (Å²) in [6, 6.07) is 5.96. The molecule has 0 atom stereocenters. The van der Waals surface area contributed by atoms with Crippen LogP contribution in [0.2, 0.25) is 0 Å². The number of nitro benzene ring substituents is 1. The number of hydrogen-bond donors (Lipinski definition) is 0. The van der Waals surface area contributed by atoms with Gasteiger partial charge in [0.2, 0.25) is 0 Å². The van der Waals surface area contributed by atoms with Crippen LogP contribution in [0.5, 0.6) is 0 Å². The second-order valence-corrected chi connectivity index (χ2v) is 6.17. The van der Waals surface area contributed by atoms with E-state index in [1.54, 1.807) is 12.1 Å². The predicted molar refractivity (Wildman–Crippen MR) is 76.9 cm³/mol. The van der Waals surface area contributed by atoms with E-state index in [0.717, 1.165) is 25.9 Å². The molecule has 2 rings (SSSR count). The van der Waals surface area contributed by atoms with Crippen molar-refractivity contribution in [1.29, 1.82) is 0 Å². The number of carbonyl (C=O) groups is 1. The van der Waals surface area contributed by atoms with E-state index in [2.05, 4.69) is 18.7 Å². The normalized spacial score (nSPS) is 18.7. The molecule has 1 aromatic carbocycles. The van der Waals surface area contributed by atoms with Crippen molar-refractivity contribution in [1.82, 2.24) is 4.90 Å².